The van der Waals surface area contributed by atoms with E-state index in [1.165, 1.54) is 0 Å². The van der Waals surface area contributed by atoms with Gasteiger partial charge in [-0.25, -0.2) is 0 Å². The number of hydrogen-bond acceptors (Lipinski definition) is 2. The van der Waals surface area contributed by atoms with Crippen molar-refractivity contribution in [3.63, 3.8) is 0 Å². The van der Waals surface area contributed by atoms with E-state index in [-0.39, 0.29) is 0 Å². The van der Waals surface area contributed by atoms with Crippen molar-refractivity contribution >= 4 is 11.4 Å². The number of benzene rings is 2. The highest BCUT2D eigenvalue weighted by Crippen LogP contribution is 2.31. The molecule has 0 radical (unpaired) electrons. The molecule has 2 aromatic carbocycles. The molecule has 0 aliphatic heterocycles. The summed E-state index contributed by atoms with van der Waals surface area (Å²) in [5, 5.41) is 13.2. The first-order valence-electron chi connectivity index (χ1n) is 5.71. The average molecular weight is 227 g/mol. The molecule has 2 rings (SSSR count). The summed E-state index contributed by atoms with van der Waals surface area (Å²) in [5.41, 5.74) is 5.01. The number of rotatable bonds is 2. The molecule has 0 spiro atoms. The Morgan fingerprint density at radius 3 is 2.24 bits per heavy atom. The van der Waals surface area contributed by atoms with Crippen molar-refractivity contribution in [2.75, 3.05) is 5.32 Å². The predicted molar refractivity (Wildman–Crippen MR) is 72.0 cm³/mol. The Labute approximate surface area is 102 Å². The van der Waals surface area contributed by atoms with E-state index in [1.54, 1.807) is 0 Å². The maximum Gasteiger partial charge on any atom is 0.121 e. The van der Waals surface area contributed by atoms with Crippen molar-refractivity contribution in [2.24, 2.45) is 0 Å². The van der Waals surface area contributed by atoms with Gasteiger partial charge in [0.25, 0.3) is 0 Å². The second kappa shape index (κ2) is 4.50. The fourth-order valence-electron chi connectivity index (χ4n) is 1.88. The third-order valence-electron chi connectivity index (χ3n) is 3.11. The van der Waals surface area contributed by atoms with Gasteiger partial charge in [-0.2, -0.15) is 0 Å². The van der Waals surface area contributed by atoms with Crippen molar-refractivity contribution < 1.29 is 5.11 Å². The lowest BCUT2D eigenvalue weighted by Gasteiger charge is -2.14. The van der Waals surface area contributed by atoms with E-state index in [0.29, 0.717) is 5.75 Å². The molecule has 0 atom stereocenters. The smallest absolute Gasteiger partial charge is 0.121 e. The van der Waals surface area contributed by atoms with Gasteiger partial charge in [-0.1, -0.05) is 18.2 Å². The maximum absolute atomic E-state index is 9.85. The number of hydrogen-bond donors (Lipinski definition) is 2. The normalized spacial score (nSPS) is 10.3. The molecule has 0 aliphatic rings. The first-order chi connectivity index (χ1) is 8.09. The zero-order valence-electron chi connectivity index (χ0n) is 10.4. The SMILES string of the molecule is Cc1cc(Nc2ccccc2)c(C)c(C)c1O. The van der Waals surface area contributed by atoms with Crippen molar-refractivity contribution in [1.82, 2.24) is 0 Å². The van der Waals surface area contributed by atoms with Crippen molar-refractivity contribution in [1.29, 1.82) is 0 Å². The van der Waals surface area contributed by atoms with Gasteiger partial charge < -0.3 is 10.4 Å². The van der Waals surface area contributed by atoms with Crippen molar-refractivity contribution in [2.45, 2.75) is 20.8 Å². The van der Waals surface area contributed by atoms with Gasteiger partial charge in [0.2, 0.25) is 0 Å². The molecule has 0 heterocycles. The molecule has 2 N–H and O–H groups in total. The van der Waals surface area contributed by atoms with Gasteiger partial charge in [0.05, 0.1) is 0 Å². The molecule has 0 amide bonds. The van der Waals surface area contributed by atoms with Crippen LogP contribution in [0, 0.1) is 20.8 Å². The van der Waals surface area contributed by atoms with E-state index in [9.17, 15) is 5.11 Å². The Morgan fingerprint density at radius 2 is 1.59 bits per heavy atom. The lowest BCUT2D eigenvalue weighted by molar-refractivity contribution is 0.466. The molecular weight excluding hydrogens is 210 g/mol. The van der Waals surface area contributed by atoms with E-state index < -0.39 is 0 Å². The monoisotopic (exact) mass is 227 g/mol. The Balaban J connectivity index is 2.41. The Bertz CT molecular complexity index is 532. The van der Waals surface area contributed by atoms with Gasteiger partial charge in [-0.05, 0) is 55.7 Å². The van der Waals surface area contributed by atoms with Crippen LogP contribution in [0.3, 0.4) is 0 Å². The summed E-state index contributed by atoms with van der Waals surface area (Å²) in [4.78, 5) is 0. The fraction of sp³-hybridized carbons (Fsp3) is 0.200. The number of phenolic OH excluding ortho intramolecular Hbond substituents is 1. The maximum atomic E-state index is 9.85. The number of aryl methyl sites for hydroxylation is 1. The molecule has 0 aliphatic carbocycles. The van der Waals surface area contributed by atoms with Crippen LogP contribution in [-0.2, 0) is 0 Å². The van der Waals surface area contributed by atoms with E-state index >= 15 is 0 Å². The van der Waals surface area contributed by atoms with Crippen LogP contribution in [0.5, 0.6) is 5.75 Å². The fourth-order valence-corrected chi connectivity index (χ4v) is 1.88. The van der Waals surface area contributed by atoms with Crippen molar-refractivity contribution in [3.8, 4) is 5.75 Å². The number of para-hydroxylation sites is 1. The molecule has 2 aromatic rings. The lowest BCUT2D eigenvalue weighted by atomic mass is 10.0. The van der Waals surface area contributed by atoms with Gasteiger partial charge in [0.1, 0.15) is 5.75 Å². The van der Waals surface area contributed by atoms with E-state index in [0.717, 1.165) is 28.1 Å². The Kier molecular flexibility index (Phi) is 3.05. The molecule has 2 nitrogen and oxygen atoms in total. The highest BCUT2D eigenvalue weighted by Gasteiger charge is 2.08. The summed E-state index contributed by atoms with van der Waals surface area (Å²) >= 11 is 0. The minimum atomic E-state index is 0.390. The van der Waals surface area contributed by atoms with Gasteiger partial charge in [0, 0.05) is 11.4 Å². The molecule has 2 heteroatoms. The molecule has 0 unspecified atom stereocenters. The molecule has 88 valence electrons. The summed E-state index contributed by atoms with van der Waals surface area (Å²) in [6.45, 7) is 5.87. The highest BCUT2D eigenvalue weighted by atomic mass is 16.3. The summed E-state index contributed by atoms with van der Waals surface area (Å²) < 4.78 is 0. The first-order valence-corrected chi connectivity index (χ1v) is 5.71. The average Bonchev–Trinajstić information content (AvgIpc) is 2.35. The van der Waals surface area contributed by atoms with Crippen LogP contribution in [0.1, 0.15) is 16.7 Å². The van der Waals surface area contributed by atoms with Crippen molar-refractivity contribution in [3.05, 3.63) is 53.1 Å². The number of nitrogens with one attached hydrogen (secondary N) is 1. The Hall–Kier alpha value is -1.96. The van der Waals surface area contributed by atoms with Crippen LogP contribution in [0.4, 0.5) is 11.4 Å². The van der Waals surface area contributed by atoms with Crippen LogP contribution in [0.2, 0.25) is 0 Å². The van der Waals surface area contributed by atoms with Crippen LogP contribution in [0.15, 0.2) is 36.4 Å². The zero-order valence-corrected chi connectivity index (χ0v) is 10.4. The second-order valence-corrected chi connectivity index (χ2v) is 4.33. The second-order valence-electron chi connectivity index (χ2n) is 4.33. The molecule has 0 saturated heterocycles. The van der Waals surface area contributed by atoms with Crippen LogP contribution < -0.4 is 5.32 Å². The summed E-state index contributed by atoms with van der Waals surface area (Å²) in [5.74, 6) is 0.390. The molecule has 0 saturated carbocycles. The highest BCUT2D eigenvalue weighted by molar-refractivity contribution is 5.67. The third-order valence-corrected chi connectivity index (χ3v) is 3.11. The van der Waals surface area contributed by atoms with E-state index in [1.807, 2.05) is 57.2 Å². The third kappa shape index (κ3) is 2.26. The van der Waals surface area contributed by atoms with E-state index in [2.05, 4.69) is 5.32 Å². The molecule has 0 fully saturated rings. The van der Waals surface area contributed by atoms with Gasteiger partial charge in [-0.3, -0.25) is 0 Å². The summed E-state index contributed by atoms with van der Waals surface area (Å²) in [6.07, 6.45) is 0. The summed E-state index contributed by atoms with van der Waals surface area (Å²) in [7, 11) is 0. The minimum absolute atomic E-state index is 0.390. The van der Waals surface area contributed by atoms with Crippen LogP contribution in [-0.4, -0.2) is 5.11 Å². The minimum Gasteiger partial charge on any atom is -0.507 e. The number of phenols is 1. The largest absolute Gasteiger partial charge is 0.507 e. The molecule has 0 bridgehead atoms. The first kappa shape index (κ1) is 11.5. The quantitative estimate of drug-likeness (QED) is 0.758. The number of aromatic hydroxyl groups is 1. The zero-order chi connectivity index (χ0) is 12.4. The predicted octanol–water partition coefficient (Wildman–Crippen LogP) is 4.06. The topological polar surface area (TPSA) is 32.3 Å². The lowest BCUT2D eigenvalue weighted by Crippen LogP contribution is -1.96. The standard InChI is InChI=1S/C15H17NO/c1-10-9-14(11(2)12(3)15(10)17)16-13-7-5-4-6-8-13/h4-9,16-17H,1-3H3. The van der Waals surface area contributed by atoms with Crippen LogP contribution in [0.25, 0.3) is 0 Å². The van der Waals surface area contributed by atoms with Crippen LogP contribution >= 0.6 is 0 Å². The Morgan fingerprint density at radius 1 is 0.941 bits per heavy atom. The molecule has 0 aromatic heterocycles. The van der Waals surface area contributed by atoms with Gasteiger partial charge in [0.15, 0.2) is 0 Å². The molecule has 17 heavy (non-hydrogen) atoms. The molecular formula is C15H17NO. The van der Waals surface area contributed by atoms with Gasteiger partial charge in [-0.15, -0.1) is 0 Å². The summed E-state index contributed by atoms with van der Waals surface area (Å²) in [6, 6.07) is 12.0. The number of anilines is 2. The van der Waals surface area contributed by atoms with E-state index in [4.69, 9.17) is 0 Å². The van der Waals surface area contributed by atoms with Gasteiger partial charge >= 0.3 is 0 Å².